The molecule has 0 saturated heterocycles. The van der Waals surface area contributed by atoms with E-state index in [9.17, 15) is 4.79 Å². The van der Waals surface area contributed by atoms with Crippen LogP contribution in [0.15, 0.2) is 60.8 Å². The molecule has 0 aliphatic heterocycles. The van der Waals surface area contributed by atoms with Crippen LogP contribution in [0.5, 0.6) is 0 Å². The van der Waals surface area contributed by atoms with Gasteiger partial charge in [-0.3, -0.25) is 9.89 Å². The molecule has 0 unspecified atom stereocenters. The van der Waals surface area contributed by atoms with E-state index in [1.165, 1.54) is 0 Å². The molecular formula is C20H18N6O. The molecule has 1 amide bonds. The summed E-state index contributed by atoms with van der Waals surface area (Å²) in [6.07, 6.45) is 1.75. The second kappa shape index (κ2) is 6.87. The van der Waals surface area contributed by atoms with Crippen molar-refractivity contribution >= 4 is 11.6 Å². The van der Waals surface area contributed by atoms with E-state index in [0.29, 0.717) is 17.1 Å². The van der Waals surface area contributed by atoms with Crippen molar-refractivity contribution in [3.63, 3.8) is 0 Å². The standard InChI is InChI=1S/C20H18N6O/c1-13-11-12-21-26(13)18-9-5-16(6-10-18)20(27)23-17-7-3-15(4-8-17)19-22-14(2)24-25-19/h3-12H,1-2H3,(H,23,27)(H,22,24,25). The van der Waals surface area contributed by atoms with Crippen molar-refractivity contribution in [3.8, 4) is 17.1 Å². The van der Waals surface area contributed by atoms with Gasteiger partial charge < -0.3 is 5.32 Å². The molecule has 2 N–H and O–H groups in total. The third-order valence-electron chi connectivity index (χ3n) is 4.20. The number of hydrogen-bond donors (Lipinski definition) is 2. The first kappa shape index (κ1) is 16.7. The summed E-state index contributed by atoms with van der Waals surface area (Å²) < 4.78 is 1.82. The number of nitrogens with zero attached hydrogens (tertiary/aromatic N) is 4. The number of aromatic nitrogens is 5. The molecule has 2 heterocycles. The molecule has 0 aliphatic rings. The van der Waals surface area contributed by atoms with Crippen LogP contribution in [0.3, 0.4) is 0 Å². The van der Waals surface area contributed by atoms with E-state index < -0.39 is 0 Å². The number of carbonyl (C=O) groups excluding carboxylic acids is 1. The van der Waals surface area contributed by atoms with Crippen LogP contribution in [0.1, 0.15) is 21.9 Å². The van der Waals surface area contributed by atoms with Crippen LogP contribution >= 0.6 is 0 Å². The van der Waals surface area contributed by atoms with Crippen LogP contribution in [-0.4, -0.2) is 30.9 Å². The molecule has 4 aromatic rings. The molecule has 2 aromatic carbocycles. The lowest BCUT2D eigenvalue weighted by Crippen LogP contribution is -2.12. The average Bonchev–Trinajstić information content (AvgIpc) is 3.31. The molecule has 27 heavy (non-hydrogen) atoms. The monoisotopic (exact) mass is 358 g/mol. The van der Waals surface area contributed by atoms with Crippen molar-refractivity contribution in [2.75, 3.05) is 5.32 Å². The molecule has 4 rings (SSSR count). The van der Waals surface area contributed by atoms with Crippen LogP contribution in [0, 0.1) is 13.8 Å². The molecular weight excluding hydrogens is 340 g/mol. The molecule has 7 heteroatoms. The normalized spacial score (nSPS) is 10.7. The number of anilines is 1. The van der Waals surface area contributed by atoms with Crippen molar-refractivity contribution in [1.29, 1.82) is 0 Å². The van der Waals surface area contributed by atoms with Crippen molar-refractivity contribution in [1.82, 2.24) is 25.0 Å². The van der Waals surface area contributed by atoms with Gasteiger partial charge >= 0.3 is 0 Å². The SMILES string of the molecule is Cc1nc(-c2ccc(NC(=O)c3ccc(-n4nccc4C)cc3)cc2)n[nH]1. The zero-order valence-electron chi connectivity index (χ0n) is 15.0. The quantitative estimate of drug-likeness (QED) is 0.584. The Hall–Kier alpha value is -3.74. The molecule has 0 aliphatic carbocycles. The predicted molar refractivity (Wildman–Crippen MR) is 103 cm³/mol. The van der Waals surface area contributed by atoms with E-state index in [-0.39, 0.29) is 5.91 Å². The Kier molecular flexibility index (Phi) is 4.25. The summed E-state index contributed by atoms with van der Waals surface area (Å²) in [7, 11) is 0. The Morgan fingerprint density at radius 3 is 2.33 bits per heavy atom. The lowest BCUT2D eigenvalue weighted by atomic mass is 10.1. The van der Waals surface area contributed by atoms with Gasteiger partial charge in [0.15, 0.2) is 5.82 Å². The number of hydrogen-bond acceptors (Lipinski definition) is 4. The van der Waals surface area contributed by atoms with Crippen molar-refractivity contribution < 1.29 is 4.79 Å². The van der Waals surface area contributed by atoms with E-state index in [1.54, 1.807) is 18.3 Å². The first-order valence-corrected chi connectivity index (χ1v) is 8.52. The second-order valence-corrected chi connectivity index (χ2v) is 6.21. The fraction of sp³-hybridized carbons (Fsp3) is 0.100. The average molecular weight is 358 g/mol. The predicted octanol–water partition coefficient (Wildman–Crippen LogP) is 3.53. The largest absolute Gasteiger partial charge is 0.322 e. The van der Waals surface area contributed by atoms with Crippen molar-refractivity contribution in [2.45, 2.75) is 13.8 Å². The fourth-order valence-corrected chi connectivity index (χ4v) is 2.77. The minimum Gasteiger partial charge on any atom is -0.322 e. The molecule has 2 aromatic heterocycles. The lowest BCUT2D eigenvalue weighted by molar-refractivity contribution is 0.102. The highest BCUT2D eigenvalue weighted by Crippen LogP contribution is 2.19. The number of benzene rings is 2. The summed E-state index contributed by atoms with van der Waals surface area (Å²) in [4.78, 5) is 16.8. The van der Waals surface area contributed by atoms with E-state index >= 15 is 0 Å². The summed E-state index contributed by atoms with van der Waals surface area (Å²) in [5.74, 6) is 1.23. The topological polar surface area (TPSA) is 88.5 Å². The van der Waals surface area contributed by atoms with Gasteiger partial charge in [-0.05, 0) is 68.4 Å². The third kappa shape index (κ3) is 3.48. The summed E-state index contributed by atoms with van der Waals surface area (Å²) in [6.45, 7) is 3.83. The maximum absolute atomic E-state index is 12.5. The number of rotatable bonds is 4. The van der Waals surface area contributed by atoms with E-state index in [0.717, 1.165) is 22.8 Å². The third-order valence-corrected chi connectivity index (χ3v) is 4.20. The number of aryl methyl sites for hydroxylation is 2. The van der Waals surface area contributed by atoms with Gasteiger partial charge in [0.05, 0.1) is 5.69 Å². The Labute approximate surface area is 156 Å². The number of aromatic amines is 1. The molecule has 7 nitrogen and oxygen atoms in total. The van der Waals surface area contributed by atoms with Gasteiger partial charge in [-0.15, -0.1) is 0 Å². The van der Waals surface area contributed by atoms with Gasteiger partial charge in [-0.1, -0.05) is 0 Å². The summed E-state index contributed by atoms with van der Waals surface area (Å²) in [6, 6.07) is 16.7. The first-order chi connectivity index (χ1) is 13.1. The Morgan fingerprint density at radius 1 is 1.00 bits per heavy atom. The second-order valence-electron chi connectivity index (χ2n) is 6.21. The van der Waals surface area contributed by atoms with Gasteiger partial charge in [-0.25, -0.2) is 9.67 Å². The van der Waals surface area contributed by atoms with Crippen LogP contribution in [0.2, 0.25) is 0 Å². The number of H-pyrrole nitrogens is 1. The molecule has 0 atom stereocenters. The Balaban J connectivity index is 1.46. The lowest BCUT2D eigenvalue weighted by Gasteiger charge is -2.08. The summed E-state index contributed by atoms with van der Waals surface area (Å²) >= 11 is 0. The number of amides is 1. The van der Waals surface area contributed by atoms with Crippen LogP contribution in [0.25, 0.3) is 17.1 Å². The fourth-order valence-electron chi connectivity index (χ4n) is 2.77. The van der Waals surface area contributed by atoms with Crippen molar-refractivity contribution in [3.05, 3.63) is 77.9 Å². The van der Waals surface area contributed by atoms with Gasteiger partial charge in [0, 0.05) is 28.7 Å². The van der Waals surface area contributed by atoms with Crippen LogP contribution < -0.4 is 5.32 Å². The summed E-state index contributed by atoms with van der Waals surface area (Å²) in [5.41, 5.74) is 4.13. The minimum atomic E-state index is -0.166. The Morgan fingerprint density at radius 2 is 1.74 bits per heavy atom. The maximum atomic E-state index is 12.5. The van der Waals surface area contributed by atoms with Gasteiger partial charge in [0.1, 0.15) is 5.82 Å². The number of nitrogens with one attached hydrogen (secondary N) is 2. The molecule has 0 bridgehead atoms. The van der Waals surface area contributed by atoms with Gasteiger partial charge in [-0.2, -0.15) is 10.2 Å². The van der Waals surface area contributed by atoms with Crippen molar-refractivity contribution in [2.24, 2.45) is 0 Å². The van der Waals surface area contributed by atoms with Crippen LogP contribution in [0.4, 0.5) is 5.69 Å². The highest BCUT2D eigenvalue weighted by molar-refractivity contribution is 6.04. The van der Waals surface area contributed by atoms with Crippen LogP contribution in [-0.2, 0) is 0 Å². The first-order valence-electron chi connectivity index (χ1n) is 8.52. The molecule has 0 radical (unpaired) electrons. The van der Waals surface area contributed by atoms with Gasteiger partial charge in [0.2, 0.25) is 0 Å². The minimum absolute atomic E-state index is 0.166. The highest BCUT2D eigenvalue weighted by Gasteiger charge is 2.09. The number of carbonyl (C=O) groups is 1. The zero-order valence-corrected chi connectivity index (χ0v) is 15.0. The van der Waals surface area contributed by atoms with E-state index in [2.05, 4.69) is 25.6 Å². The van der Waals surface area contributed by atoms with E-state index in [1.807, 2.05) is 61.0 Å². The highest BCUT2D eigenvalue weighted by atomic mass is 16.1. The van der Waals surface area contributed by atoms with Gasteiger partial charge in [0.25, 0.3) is 5.91 Å². The molecule has 134 valence electrons. The Bertz CT molecular complexity index is 1080. The maximum Gasteiger partial charge on any atom is 0.255 e. The zero-order chi connectivity index (χ0) is 18.8. The summed E-state index contributed by atoms with van der Waals surface area (Å²) in [5, 5.41) is 14.1. The molecule has 0 fully saturated rings. The van der Waals surface area contributed by atoms with E-state index in [4.69, 9.17) is 0 Å². The molecule has 0 saturated carbocycles. The smallest absolute Gasteiger partial charge is 0.255 e. The molecule has 0 spiro atoms.